The zero-order valence-corrected chi connectivity index (χ0v) is 11.5. The Morgan fingerprint density at radius 2 is 2.35 bits per heavy atom. The molecule has 0 bridgehead atoms. The minimum absolute atomic E-state index is 0.268. The van der Waals surface area contributed by atoms with Crippen LogP contribution in [-0.2, 0) is 0 Å². The predicted molar refractivity (Wildman–Crippen MR) is 75.7 cm³/mol. The van der Waals surface area contributed by atoms with E-state index in [1.54, 1.807) is 30.0 Å². The van der Waals surface area contributed by atoms with Crippen LogP contribution in [0.2, 0.25) is 0 Å². The van der Waals surface area contributed by atoms with Crippen LogP contribution in [0, 0.1) is 12.3 Å². The van der Waals surface area contributed by atoms with Crippen molar-refractivity contribution in [2.75, 3.05) is 23.4 Å². The van der Waals surface area contributed by atoms with Gasteiger partial charge in [-0.2, -0.15) is 0 Å². The van der Waals surface area contributed by atoms with Crippen LogP contribution in [0.25, 0.3) is 0 Å². The van der Waals surface area contributed by atoms with E-state index in [1.165, 1.54) is 0 Å². The molecule has 0 spiro atoms. The van der Waals surface area contributed by atoms with Gasteiger partial charge >= 0.3 is 5.97 Å². The number of hydrogen-bond donors (Lipinski definition) is 2. The fourth-order valence-corrected chi connectivity index (χ4v) is 2.21. The average molecular weight is 314 g/mol. The molecule has 0 radical (unpaired) electrons. The molecule has 1 aromatic carbocycles. The van der Waals surface area contributed by atoms with Crippen molar-refractivity contribution in [2.45, 2.75) is 0 Å². The van der Waals surface area contributed by atoms with Crippen molar-refractivity contribution in [3.8, 4) is 12.3 Å². The number of rotatable bonds is 6. The minimum Gasteiger partial charge on any atom is -0.478 e. The van der Waals surface area contributed by atoms with E-state index in [0.717, 1.165) is 22.5 Å². The number of nitrogens with one attached hydrogen (secondary N) is 1. The highest BCUT2D eigenvalue weighted by Gasteiger charge is 2.05. The van der Waals surface area contributed by atoms with Gasteiger partial charge in [-0.05, 0) is 34.1 Å². The van der Waals surface area contributed by atoms with E-state index in [0.29, 0.717) is 5.75 Å². The Morgan fingerprint density at radius 3 is 2.94 bits per heavy atom. The third kappa shape index (κ3) is 4.72. The molecule has 17 heavy (non-hydrogen) atoms. The number of hydrogen-bond acceptors (Lipinski definition) is 3. The summed E-state index contributed by atoms with van der Waals surface area (Å²) in [6, 6.07) is 4.91. The zero-order chi connectivity index (χ0) is 12.7. The smallest absolute Gasteiger partial charge is 0.335 e. The van der Waals surface area contributed by atoms with Gasteiger partial charge in [0, 0.05) is 22.5 Å². The fourth-order valence-electron chi connectivity index (χ4n) is 1.18. The van der Waals surface area contributed by atoms with Crippen LogP contribution < -0.4 is 5.32 Å². The first-order valence-electron chi connectivity index (χ1n) is 4.93. The van der Waals surface area contributed by atoms with Crippen LogP contribution in [0.5, 0.6) is 0 Å². The molecule has 0 unspecified atom stereocenters. The Balaban J connectivity index is 2.50. The molecule has 0 aliphatic carbocycles. The molecule has 0 amide bonds. The lowest BCUT2D eigenvalue weighted by atomic mass is 10.2. The molecule has 5 heteroatoms. The molecule has 0 saturated carbocycles. The molecule has 3 nitrogen and oxygen atoms in total. The van der Waals surface area contributed by atoms with Gasteiger partial charge < -0.3 is 10.4 Å². The van der Waals surface area contributed by atoms with Gasteiger partial charge in [0.1, 0.15) is 0 Å². The molecule has 0 fully saturated rings. The van der Waals surface area contributed by atoms with Crippen molar-refractivity contribution in [3.63, 3.8) is 0 Å². The summed E-state index contributed by atoms with van der Waals surface area (Å²) in [7, 11) is 0. The molecular weight excluding hydrogens is 302 g/mol. The number of aromatic carboxylic acids is 1. The van der Waals surface area contributed by atoms with E-state index in [1.807, 2.05) is 0 Å². The number of anilines is 1. The van der Waals surface area contributed by atoms with Crippen LogP contribution in [-0.4, -0.2) is 29.1 Å². The van der Waals surface area contributed by atoms with Crippen molar-refractivity contribution in [1.82, 2.24) is 0 Å². The molecule has 0 atom stereocenters. The second-order valence-electron chi connectivity index (χ2n) is 3.18. The van der Waals surface area contributed by atoms with Gasteiger partial charge in [0.05, 0.1) is 11.3 Å². The summed E-state index contributed by atoms with van der Waals surface area (Å²) in [6.07, 6.45) is 5.14. The van der Waals surface area contributed by atoms with E-state index >= 15 is 0 Å². The van der Waals surface area contributed by atoms with Crippen LogP contribution in [0.1, 0.15) is 10.4 Å². The maximum absolute atomic E-state index is 10.7. The van der Waals surface area contributed by atoms with Gasteiger partial charge in [0.15, 0.2) is 0 Å². The summed E-state index contributed by atoms with van der Waals surface area (Å²) in [5.74, 6) is 3.25. The second-order valence-corrected chi connectivity index (χ2v) is 5.14. The molecule has 90 valence electrons. The fraction of sp³-hybridized carbons (Fsp3) is 0.250. The van der Waals surface area contributed by atoms with Gasteiger partial charge in [0.2, 0.25) is 0 Å². The predicted octanol–water partition coefficient (Wildman–Crippen LogP) is 2.93. The molecule has 1 aromatic rings. The Kier molecular flexibility index (Phi) is 5.95. The molecule has 1 rings (SSSR count). The molecule has 2 N–H and O–H groups in total. The summed E-state index contributed by atoms with van der Waals surface area (Å²) in [5.41, 5.74) is 1.15. The van der Waals surface area contributed by atoms with Gasteiger partial charge in [0.25, 0.3) is 0 Å². The number of halogens is 1. The van der Waals surface area contributed by atoms with Gasteiger partial charge in [-0.25, -0.2) is 4.79 Å². The third-order valence-corrected chi connectivity index (χ3v) is 3.48. The van der Waals surface area contributed by atoms with Crippen molar-refractivity contribution in [1.29, 1.82) is 0 Å². The van der Waals surface area contributed by atoms with E-state index in [-0.39, 0.29) is 5.56 Å². The monoisotopic (exact) mass is 313 g/mol. The Bertz CT molecular complexity index is 443. The number of carboxylic acids is 1. The standard InChI is InChI=1S/C12H12BrNO2S/c1-2-6-17-7-5-14-11-4-3-9(12(15)16)8-10(11)13/h1,3-4,8,14H,5-7H2,(H,15,16). The number of benzene rings is 1. The molecular formula is C12H12BrNO2S. The van der Waals surface area contributed by atoms with Gasteiger partial charge in [-0.3, -0.25) is 0 Å². The van der Waals surface area contributed by atoms with Crippen molar-refractivity contribution in [2.24, 2.45) is 0 Å². The number of thioether (sulfide) groups is 1. The summed E-state index contributed by atoms with van der Waals surface area (Å²) < 4.78 is 0.749. The Labute approximate surface area is 113 Å². The lowest BCUT2D eigenvalue weighted by molar-refractivity contribution is 0.0697. The highest BCUT2D eigenvalue weighted by atomic mass is 79.9. The maximum atomic E-state index is 10.7. The highest BCUT2D eigenvalue weighted by Crippen LogP contribution is 2.23. The van der Waals surface area contributed by atoms with E-state index in [2.05, 4.69) is 27.2 Å². The Morgan fingerprint density at radius 1 is 1.59 bits per heavy atom. The van der Waals surface area contributed by atoms with Crippen LogP contribution in [0.3, 0.4) is 0 Å². The molecule has 0 aromatic heterocycles. The first kappa shape index (κ1) is 13.9. The zero-order valence-electron chi connectivity index (χ0n) is 9.07. The lowest BCUT2D eigenvalue weighted by Gasteiger charge is -2.08. The quantitative estimate of drug-likeness (QED) is 0.626. The lowest BCUT2D eigenvalue weighted by Crippen LogP contribution is -2.05. The average Bonchev–Trinajstić information content (AvgIpc) is 2.30. The number of carboxylic acid groups (broad SMARTS) is 1. The van der Waals surface area contributed by atoms with Gasteiger partial charge in [-0.1, -0.05) is 5.92 Å². The third-order valence-electron chi connectivity index (χ3n) is 1.96. The largest absolute Gasteiger partial charge is 0.478 e. The molecule has 0 saturated heterocycles. The molecule has 0 aliphatic heterocycles. The Hall–Kier alpha value is -1.12. The van der Waals surface area contributed by atoms with Crippen molar-refractivity contribution in [3.05, 3.63) is 28.2 Å². The summed E-state index contributed by atoms with van der Waals surface area (Å²) >= 11 is 5.01. The molecule has 0 heterocycles. The number of terminal acetylenes is 1. The maximum Gasteiger partial charge on any atom is 0.335 e. The van der Waals surface area contributed by atoms with Crippen LogP contribution in [0.4, 0.5) is 5.69 Å². The summed E-state index contributed by atoms with van der Waals surface area (Å²) in [5, 5.41) is 12.0. The highest BCUT2D eigenvalue weighted by molar-refractivity contribution is 9.10. The SMILES string of the molecule is C#CCSCCNc1ccc(C(=O)O)cc1Br. The topological polar surface area (TPSA) is 49.3 Å². The van der Waals surface area contributed by atoms with Crippen molar-refractivity contribution < 1.29 is 9.90 Å². The van der Waals surface area contributed by atoms with Gasteiger partial charge in [-0.15, -0.1) is 18.2 Å². The summed E-state index contributed by atoms with van der Waals surface area (Å²) in [4.78, 5) is 10.7. The summed E-state index contributed by atoms with van der Waals surface area (Å²) in [6.45, 7) is 0.789. The minimum atomic E-state index is -0.929. The second kappa shape index (κ2) is 7.25. The normalized spacial score (nSPS) is 9.65. The first-order valence-corrected chi connectivity index (χ1v) is 6.88. The first-order chi connectivity index (χ1) is 8.15. The van der Waals surface area contributed by atoms with E-state index in [4.69, 9.17) is 11.5 Å². The van der Waals surface area contributed by atoms with E-state index < -0.39 is 5.97 Å². The van der Waals surface area contributed by atoms with Crippen LogP contribution >= 0.6 is 27.7 Å². The van der Waals surface area contributed by atoms with Crippen LogP contribution in [0.15, 0.2) is 22.7 Å². The van der Waals surface area contributed by atoms with E-state index in [9.17, 15) is 4.79 Å². The molecule has 0 aliphatic rings. The number of carbonyl (C=O) groups is 1. The van der Waals surface area contributed by atoms with Crippen molar-refractivity contribution >= 4 is 39.3 Å².